The van der Waals surface area contributed by atoms with Gasteiger partial charge in [0.2, 0.25) is 5.91 Å². The van der Waals surface area contributed by atoms with Crippen molar-refractivity contribution in [2.45, 2.75) is 70.4 Å². The molecule has 3 rings (SSSR count). The molecule has 1 aromatic carbocycles. The van der Waals surface area contributed by atoms with Gasteiger partial charge in [-0.3, -0.25) is 9.59 Å². The molecule has 1 aliphatic rings. The van der Waals surface area contributed by atoms with E-state index in [0.29, 0.717) is 6.42 Å². The average Bonchev–Trinajstić information content (AvgIpc) is 3.21. The lowest BCUT2D eigenvalue weighted by Crippen LogP contribution is -2.53. The van der Waals surface area contributed by atoms with Gasteiger partial charge in [0.1, 0.15) is 0 Å². The van der Waals surface area contributed by atoms with Crippen LogP contribution in [-0.2, 0) is 9.59 Å². The van der Waals surface area contributed by atoms with Gasteiger partial charge in [-0.15, -0.1) is 0 Å². The maximum Gasteiger partial charge on any atom is 0.237 e. The Kier molecular flexibility index (Phi) is 7.43. The largest absolute Gasteiger partial charge is 0.361 e. The van der Waals surface area contributed by atoms with Gasteiger partial charge >= 0.3 is 0 Å². The fraction of sp³-hybridized carbons (Fsp3) is 0.542. The second kappa shape index (κ2) is 10.0. The van der Waals surface area contributed by atoms with E-state index in [9.17, 15) is 9.59 Å². The van der Waals surface area contributed by atoms with Crippen LogP contribution in [0.4, 0.5) is 0 Å². The van der Waals surface area contributed by atoms with Crippen LogP contribution in [0.1, 0.15) is 63.9 Å². The zero-order chi connectivity index (χ0) is 21.7. The zero-order valence-electron chi connectivity index (χ0n) is 18.3. The molecule has 0 radical (unpaired) electrons. The van der Waals surface area contributed by atoms with E-state index in [1.54, 1.807) is 14.0 Å². The molecule has 1 heterocycles. The van der Waals surface area contributed by atoms with Gasteiger partial charge in [-0.05, 0) is 50.8 Å². The number of carbonyl (C=O) groups excluding carboxylic acids is 2. The third kappa shape index (κ3) is 4.64. The van der Waals surface area contributed by atoms with Crippen LogP contribution >= 0.6 is 0 Å². The molecule has 1 aromatic heterocycles. The number of Topliss-reactive ketones (excluding diaryl/α,β-unsaturated/α-hetero) is 1. The molecule has 0 bridgehead atoms. The topological polar surface area (TPSA) is 97.8 Å². The number of aromatic nitrogens is 1. The number of carbonyl (C=O) groups is 2. The van der Waals surface area contributed by atoms with E-state index in [1.807, 2.05) is 37.4 Å². The first-order valence-corrected chi connectivity index (χ1v) is 11.1. The van der Waals surface area contributed by atoms with E-state index in [1.165, 1.54) is 6.42 Å². The number of amides is 1. The Bertz CT molecular complexity index is 897. The van der Waals surface area contributed by atoms with E-state index < -0.39 is 6.04 Å². The molecule has 1 fully saturated rings. The van der Waals surface area contributed by atoms with E-state index in [2.05, 4.69) is 15.6 Å². The fourth-order valence-electron chi connectivity index (χ4n) is 4.58. The summed E-state index contributed by atoms with van der Waals surface area (Å²) in [6.45, 7) is 3.79. The van der Waals surface area contributed by atoms with Crippen LogP contribution in [0.5, 0.6) is 0 Å². The molecular formula is C24H34N4O2. The lowest BCUT2D eigenvalue weighted by Gasteiger charge is -2.31. The minimum absolute atomic E-state index is 0.0928. The SMILES string of the molecule is CC[C@H](C(=N)C(=O)[C@@H](NC(=O)[C@H](C)NC)C1CCCCC1)c1c[nH]c2ccccc12. The first-order valence-electron chi connectivity index (χ1n) is 11.1. The van der Waals surface area contributed by atoms with E-state index in [4.69, 9.17) is 5.41 Å². The number of ketones is 1. The lowest BCUT2D eigenvalue weighted by atomic mass is 9.78. The molecule has 30 heavy (non-hydrogen) atoms. The van der Waals surface area contributed by atoms with E-state index >= 15 is 0 Å². The molecule has 162 valence electrons. The predicted molar refractivity (Wildman–Crippen MR) is 121 cm³/mol. The molecule has 1 saturated carbocycles. The monoisotopic (exact) mass is 410 g/mol. The standard InChI is InChI=1S/C24H34N4O2/c1-4-17(19-14-27-20-13-9-8-12-18(19)20)21(25)23(29)22(16-10-6-5-7-11-16)28-24(30)15(2)26-3/h8-9,12-17,22,25-27H,4-7,10-11H2,1-3H3,(H,28,30)/t15-,17-,22-/m0/s1. The van der Waals surface area contributed by atoms with Crippen LogP contribution in [0.25, 0.3) is 10.9 Å². The maximum absolute atomic E-state index is 13.6. The van der Waals surface area contributed by atoms with Crippen molar-refractivity contribution >= 4 is 28.3 Å². The Morgan fingerprint density at radius 1 is 1.20 bits per heavy atom. The summed E-state index contributed by atoms with van der Waals surface area (Å²) in [6.07, 6.45) is 7.71. The Balaban J connectivity index is 1.87. The van der Waals surface area contributed by atoms with Gasteiger partial charge in [0.15, 0.2) is 5.78 Å². The molecule has 1 aliphatic carbocycles. The summed E-state index contributed by atoms with van der Waals surface area (Å²) < 4.78 is 0. The smallest absolute Gasteiger partial charge is 0.237 e. The molecule has 4 N–H and O–H groups in total. The first-order chi connectivity index (χ1) is 14.5. The minimum atomic E-state index is -0.625. The van der Waals surface area contributed by atoms with Crippen molar-refractivity contribution in [1.29, 1.82) is 5.41 Å². The van der Waals surface area contributed by atoms with E-state index in [-0.39, 0.29) is 35.3 Å². The number of aromatic amines is 1. The number of nitrogens with one attached hydrogen (secondary N) is 4. The normalized spacial score (nSPS) is 18.0. The van der Waals surface area contributed by atoms with Crippen LogP contribution in [0.3, 0.4) is 0 Å². The maximum atomic E-state index is 13.6. The Morgan fingerprint density at radius 2 is 1.90 bits per heavy atom. The first kappa shape index (κ1) is 22.2. The highest BCUT2D eigenvalue weighted by atomic mass is 16.2. The highest BCUT2D eigenvalue weighted by Gasteiger charge is 2.36. The van der Waals surface area contributed by atoms with Crippen molar-refractivity contribution in [3.63, 3.8) is 0 Å². The van der Waals surface area contributed by atoms with Crippen molar-refractivity contribution in [2.24, 2.45) is 5.92 Å². The summed E-state index contributed by atoms with van der Waals surface area (Å²) in [5.74, 6) is -0.622. The van der Waals surface area contributed by atoms with Crippen LogP contribution in [0.15, 0.2) is 30.5 Å². The van der Waals surface area contributed by atoms with Crippen molar-refractivity contribution in [3.05, 3.63) is 36.0 Å². The lowest BCUT2D eigenvalue weighted by molar-refractivity contribution is -0.127. The molecule has 0 spiro atoms. The van der Waals surface area contributed by atoms with Crippen molar-refractivity contribution in [3.8, 4) is 0 Å². The van der Waals surface area contributed by atoms with Crippen LogP contribution in [0, 0.1) is 11.3 Å². The molecule has 2 aromatic rings. The summed E-state index contributed by atoms with van der Waals surface area (Å²) in [5.41, 5.74) is 2.07. The Labute approximate surface area is 178 Å². The number of hydrogen-bond acceptors (Lipinski definition) is 4. The molecule has 0 saturated heterocycles. The van der Waals surface area contributed by atoms with Gasteiger partial charge < -0.3 is 21.0 Å². The summed E-state index contributed by atoms with van der Waals surface area (Å²) in [4.78, 5) is 29.4. The van der Waals surface area contributed by atoms with Crippen LogP contribution < -0.4 is 10.6 Å². The third-order valence-corrected chi connectivity index (χ3v) is 6.55. The van der Waals surface area contributed by atoms with Gasteiger partial charge in [-0.1, -0.05) is 44.4 Å². The molecule has 6 nitrogen and oxygen atoms in total. The number of likely N-dealkylation sites (N-methyl/N-ethyl adjacent to an activating group) is 1. The number of rotatable bonds is 9. The molecule has 0 unspecified atom stereocenters. The second-order valence-electron chi connectivity index (χ2n) is 8.42. The Hall–Kier alpha value is -2.47. The summed E-state index contributed by atoms with van der Waals surface area (Å²) >= 11 is 0. The minimum Gasteiger partial charge on any atom is -0.361 e. The predicted octanol–water partition coefficient (Wildman–Crippen LogP) is 3.92. The summed E-state index contributed by atoms with van der Waals surface area (Å²) in [6, 6.07) is 6.96. The number of para-hydroxylation sites is 1. The third-order valence-electron chi connectivity index (χ3n) is 6.55. The van der Waals surface area contributed by atoms with Gasteiger partial charge in [-0.2, -0.15) is 0 Å². The van der Waals surface area contributed by atoms with Crippen molar-refractivity contribution < 1.29 is 9.59 Å². The quantitative estimate of drug-likeness (QED) is 0.472. The molecule has 6 heteroatoms. The average molecular weight is 411 g/mol. The number of benzene rings is 1. The summed E-state index contributed by atoms with van der Waals surface area (Å²) in [5, 5.41) is 15.8. The number of fused-ring (bicyclic) bond motifs is 1. The molecule has 3 atom stereocenters. The van der Waals surface area contributed by atoms with Gasteiger partial charge in [-0.25, -0.2) is 0 Å². The van der Waals surface area contributed by atoms with Gasteiger partial charge in [0.25, 0.3) is 0 Å². The number of hydrogen-bond donors (Lipinski definition) is 4. The van der Waals surface area contributed by atoms with Crippen molar-refractivity contribution in [2.75, 3.05) is 7.05 Å². The van der Waals surface area contributed by atoms with Crippen molar-refractivity contribution in [1.82, 2.24) is 15.6 Å². The number of H-pyrrole nitrogens is 1. The summed E-state index contributed by atoms with van der Waals surface area (Å²) in [7, 11) is 1.73. The van der Waals surface area contributed by atoms with Crippen LogP contribution in [-0.4, -0.2) is 41.5 Å². The van der Waals surface area contributed by atoms with Crippen LogP contribution in [0.2, 0.25) is 0 Å². The zero-order valence-corrected chi connectivity index (χ0v) is 18.3. The molecule has 1 amide bonds. The highest BCUT2D eigenvalue weighted by molar-refractivity contribution is 6.43. The fourth-order valence-corrected chi connectivity index (χ4v) is 4.58. The van der Waals surface area contributed by atoms with Gasteiger partial charge in [0.05, 0.1) is 17.8 Å². The van der Waals surface area contributed by atoms with Gasteiger partial charge in [0, 0.05) is 23.0 Å². The molecular weight excluding hydrogens is 376 g/mol. The highest BCUT2D eigenvalue weighted by Crippen LogP contribution is 2.32. The molecule has 0 aliphatic heterocycles. The second-order valence-corrected chi connectivity index (χ2v) is 8.42. The van der Waals surface area contributed by atoms with E-state index in [0.717, 1.165) is 42.1 Å². The Morgan fingerprint density at radius 3 is 2.57 bits per heavy atom.